The molecule has 4 atom stereocenters. The maximum Gasteiger partial charge on any atom is 0.250 e. The molecule has 0 spiro atoms. The van der Waals surface area contributed by atoms with Gasteiger partial charge >= 0.3 is 0 Å². The lowest BCUT2D eigenvalue weighted by atomic mass is 9.90. The quantitative estimate of drug-likeness (QED) is 0.194. The van der Waals surface area contributed by atoms with Crippen LogP contribution in [0, 0.1) is 30.6 Å². The number of sulfone groups is 1. The van der Waals surface area contributed by atoms with E-state index in [4.69, 9.17) is 19.1 Å². The van der Waals surface area contributed by atoms with Gasteiger partial charge in [0.2, 0.25) is 11.8 Å². The van der Waals surface area contributed by atoms with Crippen molar-refractivity contribution in [2.24, 2.45) is 23.7 Å². The molecule has 2 aliphatic heterocycles. The van der Waals surface area contributed by atoms with Gasteiger partial charge in [-0.25, -0.2) is 13.4 Å². The fourth-order valence-electron chi connectivity index (χ4n) is 8.16. The van der Waals surface area contributed by atoms with Crippen LogP contribution in [0.4, 0.5) is 5.82 Å². The number of hydrogen-bond acceptors (Lipinski definition) is 11. The van der Waals surface area contributed by atoms with Gasteiger partial charge in [0, 0.05) is 41.4 Å². The Hall–Kier alpha value is -3.74. The van der Waals surface area contributed by atoms with Gasteiger partial charge in [0.05, 0.1) is 51.6 Å². The Morgan fingerprint density at radius 1 is 1.09 bits per heavy atom. The van der Waals surface area contributed by atoms with Crippen LogP contribution in [0.25, 0.3) is 32.0 Å². The van der Waals surface area contributed by atoms with E-state index in [1.54, 1.807) is 18.3 Å². The third-order valence-corrected chi connectivity index (χ3v) is 13.7. The molecular formula is C35H36N6O4S2. The highest BCUT2D eigenvalue weighted by Crippen LogP contribution is 2.55. The van der Waals surface area contributed by atoms with Crippen LogP contribution >= 0.6 is 11.3 Å². The minimum atomic E-state index is -3.65. The molecule has 0 bridgehead atoms. The molecule has 7 heterocycles. The lowest BCUT2D eigenvalue weighted by Gasteiger charge is -2.18. The Bertz CT molecular complexity index is 2150. The Kier molecular flexibility index (Phi) is 6.82. The zero-order valence-corrected chi connectivity index (χ0v) is 28.2. The highest BCUT2D eigenvalue weighted by atomic mass is 32.2. The number of aromatic nitrogens is 5. The fraction of sp³-hybridized carbons (Fsp3) is 0.457. The van der Waals surface area contributed by atoms with E-state index < -0.39 is 9.84 Å². The van der Waals surface area contributed by atoms with Crippen LogP contribution in [0.5, 0.6) is 0 Å². The van der Waals surface area contributed by atoms with Crippen molar-refractivity contribution in [3.8, 4) is 21.9 Å². The molecule has 242 valence electrons. The molecule has 2 fully saturated rings. The average Bonchev–Trinajstić information content (AvgIpc) is 3.71. The second-order valence-corrected chi connectivity index (χ2v) is 16.8. The largest absolute Gasteiger partial charge is 0.421 e. The molecule has 12 heteroatoms. The van der Waals surface area contributed by atoms with Crippen LogP contribution in [0.1, 0.15) is 67.2 Å². The second-order valence-electron chi connectivity index (χ2n) is 13.8. The van der Waals surface area contributed by atoms with Gasteiger partial charge in [-0.2, -0.15) is 0 Å². The number of ether oxygens (including phenoxy) is 1. The molecule has 1 saturated heterocycles. The van der Waals surface area contributed by atoms with E-state index in [1.807, 2.05) is 24.5 Å². The van der Waals surface area contributed by atoms with Crippen molar-refractivity contribution < 1.29 is 17.6 Å². The van der Waals surface area contributed by atoms with Crippen molar-refractivity contribution in [2.45, 2.75) is 63.3 Å². The van der Waals surface area contributed by atoms with E-state index >= 15 is 0 Å². The van der Waals surface area contributed by atoms with Crippen molar-refractivity contribution in [3.05, 3.63) is 65.2 Å². The van der Waals surface area contributed by atoms with E-state index in [0.29, 0.717) is 57.7 Å². The van der Waals surface area contributed by atoms with Crippen molar-refractivity contribution >= 4 is 37.1 Å². The molecule has 1 N–H and O–H groups in total. The summed E-state index contributed by atoms with van der Waals surface area (Å²) in [6.07, 6.45) is 7.18. The summed E-state index contributed by atoms with van der Waals surface area (Å²) in [5, 5.41) is 13.3. The SMILES string of the molecule is Cc1nnc(-c2c(CCC3C4COCC34)nc3c(c2-c2cc4ccnc(N[C@@H]5CCc6ncccc65)c4s2)S(=O)(=O)C[C@H]3C(C)C)o1. The number of rotatable bonds is 8. The van der Waals surface area contributed by atoms with Crippen LogP contribution in [-0.2, 0) is 27.4 Å². The van der Waals surface area contributed by atoms with Gasteiger partial charge in [0.25, 0.3) is 0 Å². The predicted molar refractivity (Wildman–Crippen MR) is 179 cm³/mol. The van der Waals surface area contributed by atoms with Gasteiger partial charge in [-0.3, -0.25) is 9.97 Å². The third-order valence-electron chi connectivity index (χ3n) is 10.7. The summed E-state index contributed by atoms with van der Waals surface area (Å²) >= 11 is 1.55. The number of hydrogen-bond donors (Lipinski definition) is 1. The molecule has 2 aliphatic carbocycles. The summed E-state index contributed by atoms with van der Waals surface area (Å²) in [6.45, 7) is 7.58. The van der Waals surface area contributed by atoms with Crippen LogP contribution in [0.2, 0.25) is 0 Å². The molecule has 2 unspecified atom stereocenters. The second kappa shape index (κ2) is 10.9. The van der Waals surface area contributed by atoms with Crippen LogP contribution in [-0.4, -0.2) is 52.5 Å². The highest BCUT2D eigenvalue weighted by Gasteiger charge is 2.53. The monoisotopic (exact) mass is 668 g/mol. The smallest absolute Gasteiger partial charge is 0.250 e. The summed E-state index contributed by atoms with van der Waals surface area (Å²) in [7, 11) is -3.65. The number of aryl methyl sites for hydroxylation is 3. The molecule has 0 amide bonds. The lowest BCUT2D eigenvalue weighted by Crippen LogP contribution is -2.11. The maximum atomic E-state index is 14.2. The van der Waals surface area contributed by atoms with E-state index in [-0.39, 0.29) is 23.6 Å². The first-order chi connectivity index (χ1) is 22.8. The predicted octanol–water partition coefficient (Wildman–Crippen LogP) is 6.56. The summed E-state index contributed by atoms with van der Waals surface area (Å²) in [5.74, 6) is 3.32. The van der Waals surface area contributed by atoms with E-state index in [2.05, 4.69) is 46.5 Å². The zero-order valence-electron chi connectivity index (χ0n) is 26.6. The van der Waals surface area contributed by atoms with Crippen molar-refractivity contribution in [1.29, 1.82) is 0 Å². The molecule has 0 aromatic carbocycles. The van der Waals surface area contributed by atoms with Gasteiger partial charge in [0.15, 0.2) is 9.84 Å². The highest BCUT2D eigenvalue weighted by molar-refractivity contribution is 7.92. The molecule has 4 aliphatic rings. The number of fused-ring (bicyclic) bond motifs is 4. The summed E-state index contributed by atoms with van der Waals surface area (Å²) < 4.78 is 41.0. The molecule has 0 radical (unpaired) electrons. The van der Waals surface area contributed by atoms with Gasteiger partial charge in [0.1, 0.15) is 5.82 Å². The summed E-state index contributed by atoms with van der Waals surface area (Å²) in [4.78, 5) is 15.7. The van der Waals surface area contributed by atoms with Crippen LogP contribution in [0.3, 0.4) is 0 Å². The van der Waals surface area contributed by atoms with E-state index in [1.165, 1.54) is 5.56 Å². The van der Waals surface area contributed by atoms with Crippen molar-refractivity contribution in [1.82, 2.24) is 25.1 Å². The maximum absolute atomic E-state index is 14.2. The van der Waals surface area contributed by atoms with Crippen LogP contribution < -0.4 is 5.32 Å². The third kappa shape index (κ3) is 4.82. The zero-order chi connectivity index (χ0) is 32.0. The first kappa shape index (κ1) is 29.4. The van der Waals surface area contributed by atoms with E-state index in [9.17, 15) is 8.42 Å². The minimum Gasteiger partial charge on any atom is -0.421 e. The fourth-order valence-corrected chi connectivity index (χ4v) is 11.6. The van der Waals surface area contributed by atoms with Crippen molar-refractivity contribution in [3.63, 3.8) is 0 Å². The molecule has 1 saturated carbocycles. The molecule has 9 rings (SSSR count). The first-order valence-corrected chi connectivity index (χ1v) is 19.0. The normalized spacial score (nSPS) is 25.3. The Balaban J connectivity index is 1.22. The minimum absolute atomic E-state index is 0.0459. The summed E-state index contributed by atoms with van der Waals surface area (Å²) in [6, 6.07) is 8.29. The number of nitrogens with one attached hydrogen (secondary N) is 1. The number of nitrogens with zero attached hydrogens (tertiary/aromatic N) is 5. The molecule has 5 aromatic rings. The summed E-state index contributed by atoms with van der Waals surface area (Å²) in [5.41, 5.74) is 5.11. The number of thiophene rings is 1. The van der Waals surface area contributed by atoms with Gasteiger partial charge in [-0.05, 0) is 78.5 Å². The van der Waals surface area contributed by atoms with Crippen molar-refractivity contribution in [2.75, 3.05) is 24.3 Å². The Labute approximate surface area is 277 Å². The Morgan fingerprint density at radius 2 is 1.94 bits per heavy atom. The number of pyridine rings is 3. The first-order valence-electron chi connectivity index (χ1n) is 16.5. The molecule has 47 heavy (non-hydrogen) atoms. The molecular weight excluding hydrogens is 633 g/mol. The number of anilines is 1. The van der Waals surface area contributed by atoms with Crippen LogP contribution in [0.15, 0.2) is 46.0 Å². The standard InChI is InChI=1S/C35H36N6O4S2/c1-17(2)24-16-47(42,43)33-30(28-13-19-10-12-37-34(32(19)46-28)39-26-9-8-25-21(26)5-4-11-36-25)29(35-41-40-18(3)45-35)27(38-31(24)33)7-6-20-22-14-44-15-23(20)22/h4-5,10-13,17,20,22-24,26H,6-9,14-16H2,1-3H3,(H,37,39)/t20?,22?,23?,24-,26+/m0/s1. The molecule has 10 nitrogen and oxygen atoms in total. The molecule has 5 aromatic heterocycles. The topological polar surface area (TPSA) is 133 Å². The average molecular weight is 669 g/mol. The van der Waals surface area contributed by atoms with E-state index in [0.717, 1.165) is 64.6 Å². The van der Waals surface area contributed by atoms with Gasteiger partial charge in [-0.15, -0.1) is 21.5 Å². The van der Waals surface area contributed by atoms with Gasteiger partial charge < -0.3 is 14.5 Å². The van der Waals surface area contributed by atoms with Gasteiger partial charge in [-0.1, -0.05) is 19.9 Å². The Morgan fingerprint density at radius 3 is 2.72 bits per heavy atom. The lowest BCUT2D eigenvalue weighted by molar-refractivity contribution is 0.149.